The molecule has 0 bridgehead atoms. The van der Waals surface area contributed by atoms with Crippen LogP contribution in [0.5, 0.6) is 0 Å². The van der Waals surface area contributed by atoms with Crippen molar-refractivity contribution in [2.45, 2.75) is 32.4 Å². The first-order valence-corrected chi connectivity index (χ1v) is 8.84. The number of rotatable bonds is 6. The van der Waals surface area contributed by atoms with Gasteiger partial charge in [0.25, 0.3) is 11.8 Å². The fourth-order valence-electron chi connectivity index (χ4n) is 2.55. The molecular weight excluding hydrogens is 382 g/mol. The number of aryl methyl sites for hydroxylation is 1. The summed E-state index contributed by atoms with van der Waals surface area (Å²) in [5.74, 6) is -3.96. The van der Waals surface area contributed by atoms with E-state index in [2.05, 4.69) is 20.6 Å². The molecule has 1 aliphatic carbocycles. The second kappa shape index (κ2) is 6.37. The Labute approximate surface area is 154 Å². The Bertz CT molecular complexity index is 1040. The highest BCUT2D eigenvalue weighted by atomic mass is 32.1. The standard InChI is InChI=1S/C15H14F2N6O3S/c1-8-11(12(24)18-5-10-2-3-26-21-10)27-13(20-8)22-7-19-23(14(22)25)6-9-4-15(9,16)17/h2-3,7,9H,4-6H2,1H3,(H,18,24). The predicted molar refractivity (Wildman–Crippen MR) is 89.0 cm³/mol. The summed E-state index contributed by atoms with van der Waals surface area (Å²) in [5.41, 5.74) is 0.446. The van der Waals surface area contributed by atoms with Crippen LogP contribution >= 0.6 is 11.3 Å². The molecule has 0 aliphatic heterocycles. The summed E-state index contributed by atoms with van der Waals surface area (Å²) >= 11 is 1.01. The molecule has 9 nitrogen and oxygen atoms in total. The van der Waals surface area contributed by atoms with E-state index in [0.717, 1.165) is 20.6 Å². The van der Waals surface area contributed by atoms with Gasteiger partial charge in [-0.05, 0) is 6.92 Å². The van der Waals surface area contributed by atoms with Gasteiger partial charge in [-0.3, -0.25) is 4.79 Å². The van der Waals surface area contributed by atoms with Gasteiger partial charge in [0.05, 0.1) is 18.8 Å². The predicted octanol–water partition coefficient (Wildman–Crippen LogP) is 1.37. The molecule has 1 N–H and O–H groups in total. The second-order valence-corrected chi connectivity index (χ2v) is 7.19. The smallest absolute Gasteiger partial charge is 0.352 e. The summed E-state index contributed by atoms with van der Waals surface area (Å²) < 4.78 is 32.9. The highest BCUT2D eigenvalue weighted by Gasteiger charge is 2.57. The van der Waals surface area contributed by atoms with E-state index in [1.165, 1.54) is 12.6 Å². The van der Waals surface area contributed by atoms with E-state index < -0.39 is 17.5 Å². The van der Waals surface area contributed by atoms with Crippen LogP contribution in [0.1, 0.15) is 27.5 Å². The Hall–Kier alpha value is -2.89. The first-order valence-electron chi connectivity index (χ1n) is 8.02. The molecule has 0 spiro atoms. The number of carbonyl (C=O) groups excluding carboxylic acids is 1. The van der Waals surface area contributed by atoms with Gasteiger partial charge in [-0.2, -0.15) is 5.10 Å². The normalized spacial score (nSPS) is 17.8. The van der Waals surface area contributed by atoms with Crippen LogP contribution in [0.25, 0.3) is 5.13 Å². The highest BCUT2D eigenvalue weighted by molar-refractivity contribution is 7.16. The first-order chi connectivity index (χ1) is 12.8. The average molecular weight is 396 g/mol. The summed E-state index contributed by atoms with van der Waals surface area (Å²) in [6, 6.07) is 1.63. The fraction of sp³-hybridized carbons (Fsp3) is 0.400. The van der Waals surface area contributed by atoms with Crippen LogP contribution in [0.15, 0.2) is 28.0 Å². The van der Waals surface area contributed by atoms with Crippen molar-refractivity contribution in [3.8, 4) is 5.13 Å². The number of thiazole rings is 1. The molecule has 3 heterocycles. The molecular formula is C15H14F2N6O3S. The summed E-state index contributed by atoms with van der Waals surface area (Å²) in [6.07, 6.45) is 2.38. The molecule has 0 saturated heterocycles. The SMILES string of the molecule is Cc1nc(-n2cnn(CC3CC3(F)F)c2=O)sc1C(=O)NCc1ccon1. The van der Waals surface area contributed by atoms with Gasteiger partial charge in [0.15, 0.2) is 5.13 Å². The Kier molecular flexibility index (Phi) is 4.13. The van der Waals surface area contributed by atoms with E-state index in [1.807, 2.05) is 0 Å². The number of alkyl halides is 2. The maximum Gasteiger partial charge on any atom is 0.352 e. The zero-order valence-corrected chi connectivity index (χ0v) is 14.9. The van der Waals surface area contributed by atoms with Crippen molar-refractivity contribution in [3.05, 3.63) is 45.4 Å². The van der Waals surface area contributed by atoms with Gasteiger partial charge in [0.2, 0.25) is 0 Å². The third kappa shape index (κ3) is 3.39. The Morgan fingerprint density at radius 2 is 2.30 bits per heavy atom. The third-order valence-electron chi connectivity index (χ3n) is 4.20. The van der Waals surface area contributed by atoms with E-state index in [9.17, 15) is 18.4 Å². The number of hydrogen-bond donors (Lipinski definition) is 1. The molecule has 1 unspecified atom stereocenters. The molecule has 1 aliphatic rings. The molecule has 12 heteroatoms. The fourth-order valence-corrected chi connectivity index (χ4v) is 3.49. The maximum atomic E-state index is 13.0. The van der Waals surface area contributed by atoms with Gasteiger partial charge < -0.3 is 9.84 Å². The molecule has 0 aromatic carbocycles. The molecule has 3 aromatic rings. The van der Waals surface area contributed by atoms with E-state index >= 15 is 0 Å². The number of halogens is 2. The Morgan fingerprint density at radius 3 is 2.96 bits per heavy atom. The number of aromatic nitrogens is 5. The molecule has 1 saturated carbocycles. The van der Waals surface area contributed by atoms with Crippen LogP contribution in [-0.4, -0.2) is 36.3 Å². The van der Waals surface area contributed by atoms with Crippen molar-refractivity contribution in [1.82, 2.24) is 29.8 Å². The molecule has 1 amide bonds. The Morgan fingerprint density at radius 1 is 1.52 bits per heavy atom. The first kappa shape index (κ1) is 17.5. The number of carbonyl (C=O) groups is 1. The van der Waals surface area contributed by atoms with Gasteiger partial charge in [-0.25, -0.2) is 27.8 Å². The van der Waals surface area contributed by atoms with Crippen molar-refractivity contribution in [3.63, 3.8) is 0 Å². The van der Waals surface area contributed by atoms with Gasteiger partial charge in [-0.15, -0.1) is 0 Å². The van der Waals surface area contributed by atoms with E-state index in [0.29, 0.717) is 16.3 Å². The van der Waals surface area contributed by atoms with E-state index in [4.69, 9.17) is 4.52 Å². The summed E-state index contributed by atoms with van der Waals surface area (Å²) in [4.78, 5) is 29.3. The van der Waals surface area contributed by atoms with Crippen molar-refractivity contribution in [1.29, 1.82) is 0 Å². The van der Waals surface area contributed by atoms with Crippen LogP contribution in [0.3, 0.4) is 0 Å². The molecule has 3 aromatic heterocycles. The maximum absolute atomic E-state index is 13.0. The van der Waals surface area contributed by atoms with E-state index in [-0.39, 0.29) is 30.5 Å². The lowest BCUT2D eigenvalue weighted by atomic mass is 10.3. The van der Waals surface area contributed by atoms with Crippen molar-refractivity contribution in [2.75, 3.05) is 0 Å². The summed E-state index contributed by atoms with van der Waals surface area (Å²) in [5, 5.41) is 10.5. The van der Waals surface area contributed by atoms with Crippen LogP contribution < -0.4 is 11.0 Å². The van der Waals surface area contributed by atoms with Crippen molar-refractivity contribution >= 4 is 17.2 Å². The van der Waals surface area contributed by atoms with Crippen LogP contribution in [-0.2, 0) is 13.1 Å². The quantitative estimate of drug-likeness (QED) is 0.674. The minimum atomic E-state index is -2.73. The lowest BCUT2D eigenvalue weighted by molar-refractivity contribution is 0.0936. The second-order valence-electron chi connectivity index (χ2n) is 6.21. The molecule has 1 fully saturated rings. The highest BCUT2D eigenvalue weighted by Crippen LogP contribution is 2.49. The number of nitrogens with zero attached hydrogens (tertiary/aromatic N) is 5. The monoisotopic (exact) mass is 396 g/mol. The Balaban J connectivity index is 1.50. The zero-order valence-electron chi connectivity index (χ0n) is 14.1. The third-order valence-corrected chi connectivity index (χ3v) is 5.36. The van der Waals surface area contributed by atoms with Gasteiger partial charge in [0, 0.05) is 18.4 Å². The molecule has 1 atom stereocenters. The number of nitrogens with one attached hydrogen (secondary N) is 1. The molecule has 27 heavy (non-hydrogen) atoms. The van der Waals surface area contributed by atoms with E-state index in [1.54, 1.807) is 13.0 Å². The summed E-state index contributed by atoms with van der Waals surface area (Å²) in [6.45, 7) is 1.69. The topological polar surface area (TPSA) is 108 Å². The number of hydrogen-bond acceptors (Lipinski definition) is 7. The lowest BCUT2D eigenvalue weighted by Crippen LogP contribution is -2.25. The van der Waals surface area contributed by atoms with Crippen molar-refractivity contribution in [2.24, 2.45) is 5.92 Å². The zero-order chi connectivity index (χ0) is 19.2. The van der Waals surface area contributed by atoms with Gasteiger partial charge in [0.1, 0.15) is 23.2 Å². The lowest BCUT2D eigenvalue weighted by Gasteiger charge is -2.00. The van der Waals surface area contributed by atoms with Gasteiger partial charge in [-0.1, -0.05) is 16.5 Å². The minimum absolute atomic E-state index is 0.145. The molecule has 142 valence electrons. The van der Waals surface area contributed by atoms with Crippen LogP contribution in [0.2, 0.25) is 0 Å². The largest absolute Gasteiger partial charge is 0.364 e. The average Bonchev–Trinajstić information content (AvgIpc) is 3.09. The summed E-state index contributed by atoms with van der Waals surface area (Å²) in [7, 11) is 0. The minimum Gasteiger partial charge on any atom is -0.364 e. The van der Waals surface area contributed by atoms with Crippen LogP contribution in [0, 0.1) is 12.8 Å². The van der Waals surface area contributed by atoms with Crippen molar-refractivity contribution < 1.29 is 18.1 Å². The molecule has 4 rings (SSSR count). The number of amides is 1. The van der Waals surface area contributed by atoms with Gasteiger partial charge >= 0.3 is 5.69 Å². The molecule has 0 radical (unpaired) electrons. The van der Waals surface area contributed by atoms with Crippen LogP contribution in [0.4, 0.5) is 8.78 Å².